The minimum absolute atomic E-state index is 0.120. The molecule has 5 heteroatoms. The van der Waals surface area contributed by atoms with Crippen molar-refractivity contribution < 1.29 is 9.47 Å². The van der Waals surface area contributed by atoms with Gasteiger partial charge in [0, 0.05) is 30.5 Å². The van der Waals surface area contributed by atoms with E-state index in [0.717, 1.165) is 32.4 Å². The van der Waals surface area contributed by atoms with E-state index in [2.05, 4.69) is 28.5 Å². The molecule has 29 heavy (non-hydrogen) atoms. The first-order valence-corrected chi connectivity index (χ1v) is 11.5. The summed E-state index contributed by atoms with van der Waals surface area (Å²) >= 11 is 6.06. The molecule has 0 radical (unpaired) electrons. The monoisotopic (exact) mass is 416 g/mol. The Kier molecular flexibility index (Phi) is 6.50. The number of aryl methyl sites for hydroxylation is 1. The third-order valence-electron chi connectivity index (χ3n) is 7.00. The molecule has 158 valence electrons. The van der Waals surface area contributed by atoms with Gasteiger partial charge in [-0.2, -0.15) is 0 Å². The van der Waals surface area contributed by atoms with Crippen molar-refractivity contribution in [3.63, 3.8) is 0 Å². The largest absolute Gasteiger partial charge is 0.494 e. The van der Waals surface area contributed by atoms with Gasteiger partial charge in [-0.3, -0.25) is 0 Å². The summed E-state index contributed by atoms with van der Waals surface area (Å²) in [4.78, 5) is 4.25. The number of nitrogens with zero attached hydrogens (tertiary/aromatic N) is 1. The van der Waals surface area contributed by atoms with E-state index in [9.17, 15) is 0 Å². The van der Waals surface area contributed by atoms with Gasteiger partial charge < -0.3 is 14.8 Å². The molecule has 1 atom stereocenters. The van der Waals surface area contributed by atoms with Crippen LogP contribution in [-0.2, 0) is 11.2 Å². The van der Waals surface area contributed by atoms with E-state index in [1.54, 1.807) is 7.11 Å². The number of ether oxygens (including phenoxy) is 2. The van der Waals surface area contributed by atoms with Crippen LogP contribution < -0.4 is 10.1 Å². The Balaban J connectivity index is 1.42. The molecule has 0 aromatic carbocycles. The second-order valence-electron chi connectivity index (χ2n) is 8.88. The number of nitrogens with one attached hydrogen (secondary N) is 1. The molecular weight excluding hydrogens is 384 g/mol. The second-order valence-corrected chi connectivity index (χ2v) is 9.24. The minimum atomic E-state index is 0.120. The van der Waals surface area contributed by atoms with Crippen LogP contribution in [0, 0.1) is 5.41 Å². The van der Waals surface area contributed by atoms with Gasteiger partial charge in [-0.05, 0) is 62.7 Å². The van der Waals surface area contributed by atoms with Crippen LogP contribution in [-0.4, -0.2) is 30.8 Å². The molecule has 2 fully saturated rings. The number of pyridine rings is 1. The Hall–Kier alpha value is -1.52. The van der Waals surface area contributed by atoms with Gasteiger partial charge >= 0.3 is 0 Å². The number of halogens is 1. The molecule has 1 aromatic rings. The standard InChI is InChI=1S/C24H33ClN2O2/c1-28-20-16-19(17-27-22(20)25)8-2-4-10-23(21-9-3-7-14-26-21)13-15-29-24(18-23)11-5-6-12-24/h3,7,9,16-17,26H,2,4-6,8,10-15,18H2,1H3/t23-/m1/s1. The molecule has 0 bridgehead atoms. The summed E-state index contributed by atoms with van der Waals surface area (Å²) in [6, 6.07) is 2.02. The Bertz CT molecular complexity index is 770. The lowest BCUT2D eigenvalue weighted by atomic mass is 9.66. The molecule has 1 spiro atoms. The van der Waals surface area contributed by atoms with Crippen LogP contribution in [0.1, 0.15) is 63.4 Å². The Morgan fingerprint density at radius 1 is 1.24 bits per heavy atom. The van der Waals surface area contributed by atoms with E-state index in [4.69, 9.17) is 21.1 Å². The maximum atomic E-state index is 6.38. The van der Waals surface area contributed by atoms with E-state index in [1.165, 1.54) is 56.2 Å². The fraction of sp³-hybridized carbons (Fsp3) is 0.625. The van der Waals surface area contributed by atoms with E-state index in [1.807, 2.05) is 12.3 Å². The summed E-state index contributed by atoms with van der Waals surface area (Å²) in [5.74, 6) is 0.664. The second kappa shape index (κ2) is 9.09. The lowest BCUT2D eigenvalue weighted by Crippen LogP contribution is -2.47. The van der Waals surface area contributed by atoms with Crippen LogP contribution in [0.5, 0.6) is 5.75 Å². The molecule has 1 saturated heterocycles. The highest BCUT2D eigenvalue weighted by Crippen LogP contribution is 2.52. The van der Waals surface area contributed by atoms with Crippen molar-refractivity contribution in [1.82, 2.24) is 10.3 Å². The van der Waals surface area contributed by atoms with Crippen LogP contribution in [0.15, 0.2) is 36.2 Å². The van der Waals surface area contributed by atoms with Crippen molar-refractivity contribution in [3.8, 4) is 5.75 Å². The fourth-order valence-electron chi connectivity index (χ4n) is 5.50. The molecule has 3 aliphatic rings. The van der Waals surface area contributed by atoms with Crippen LogP contribution in [0.25, 0.3) is 0 Å². The molecule has 1 N–H and O–H groups in total. The number of unbranched alkanes of at least 4 members (excludes halogenated alkanes) is 1. The average Bonchev–Trinajstić information content (AvgIpc) is 3.20. The van der Waals surface area contributed by atoms with Gasteiger partial charge in [0.15, 0.2) is 10.9 Å². The number of dihydropyridines is 1. The van der Waals surface area contributed by atoms with Crippen molar-refractivity contribution >= 4 is 11.6 Å². The highest BCUT2D eigenvalue weighted by molar-refractivity contribution is 6.30. The normalized spacial score (nSPS) is 25.7. The highest BCUT2D eigenvalue weighted by Gasteiger charge is 2.48. The topological polar surface area (TPSA) is 43.4 Å². The van der Waals surface area contributed by atoms with E-state index in [-0.39, 0.29) is 11.0 Å². The minimum Gasteiger partial charge on any atom is -0.494 e. The summed E-state index contributed by atoms with van der Waals surface area (Å²) in [5, 5.41) is 4.13. The lowest BCUT2D eigenvalue weighted by molar-refractivity contribution is -0.116. The lowest BCUT2D eigenvalue weighted by Gasteiger charge is -2.48. The third-order valence-corrected chi connectivity index (χ3v) is 7.28. The summed E-state index contributed by atoms with van der Waals surface area (Å²) in [5.41, 5.74) is 2.97. The van der Waals surface area contributed by atoms with Gasteiger partial charge in [-0.1, -0.05) is 43.0 Å². The molecule has 0 amide bonds. The van der Waals surface area contributed by atoms with Crippen molar-refractivity contribution in [2.24, 2.45) is 5.41 Å². The average molecular weight is 417 g/mol. The quantitative estimate of drug-likeness (QED) is 0.463. The molecule has 1 saturated carbocycles. The fourth-order valence-corrected chi connectivity index (χ4v) is 5.68. The van der Waals surface area contributed by atoms with E-state index < -0.39 is 0 Å². The van der Waals surface area contributed by atoms with Crippen molar-refractivity contribution in [1.29, 1.82) is 0 Å². The molecule has 0 unspecified atom stereocenters. The van der Waals surface area contributed by atoms with Crippen LogP contribution in [0.2, 0.25) is 5.15 Å². The van der Waals surface area contributed by atoms with Gasteiger partial charge in [0.1, 0.15) is 0 Å². The van der Waals surface area contributed by atoms with Gasteiger partial charge in [0.05, 0.1) is 12.7 Å². The van der Waals surface area contributed by atoms with Crippen molar-refractivity contribution in [2.75, 3.05) is 20.3 Å². The van der Waals surface area contributed by atoms with Gasteiger partial charge in [-0.15, -0.1) is 0 Å². The maximum Gasteiger partial charge on any atom is 0.171 e. The molecule has 4 nitrogen and oxygen atoms in total. The molecular formula is C24H33ClN2O2. The smallest absolute Gasteiger partial charge is 0.171 e. The molecule has 1 aliphatic carbocycles. The SMILES string of the molecule is COc1cc(CCCC[C@@]2(C3=CC=CCN3)CCOC3(CCCC3)C2)cnc1Cl. The summed E-state index contributed by atoms with van der Waals surface area (Å²) < 4.78 is 11.7. The van der Waals surface area contributed by atoms with Crippen LogP contribution >= 0.6 is 11.6 Å². The number of hydrogen-bond donors (Lipinski definition) is 1. The Morgan fingerprint density at radius 2 is 2.10 bits per heavy atom. The number of hydrogen-bond acceptors (Lipinski definition) is 4. The zero-order valence-electron chi connectivity index (χ0n) is 17.5. The first kappa shape index (κ1) is 20.7. The summed E-state index contributed by atoms with van der Waals surface area (Å²) in [6.45, 7) is 1.83. The summed E-state index contributed by atoms with van der Waals surface area (Å²) in [6.07, 6.45) is 20.5. The molecule has 2 aliphatic heterocycles. The zero-order chi connectivity index (χ0) is 20.2. The molecule has 1 aromatic heterocycles. The predicted octanol–water partition coefficient (Wildman–Crippen LogP) is 5.61. The first-order chi connectivity index (χ1) is 14.1. The molecule has 3 heterocycles. The highest BCUT2D eigenvalue weighted by atomic mass is 35.5. The van der Waals surface area contributed by atoms with Crippen molar-refractivity contribution in [3.05, 3.63) is 46.9 Å². The zero-order valence-corrected chi connectivity index (χ0v) is 18.3. The third kappa shape index (κ3) is 4.64. The predicted molar refractivity (Wildman–Crippen MR) is 117 cm³/mol. The van der Waals surface area contributed by atoms with E-state index >= 15 is 0 Å². The Labute approximate surface area is 179 Å². The first-order valence-electron chi connectivity index (χ1n) is 11.1. The van der Waals surface area contributed by atoms with Crippen LogP contribution in [0.3, 0.4) is 0 Å². The maximum absolute atomic E-state index is 6.38. The van der Waals surface area contributed by atoms with Gasteiger partial charge in [-0.25, -0.2) is 4.98 Å². The number of aromatic nitrogens is 1. The Morgan fingerprint density at radius 3 is 2.86 bits per heavy atom. The number of allylic oxidation sites excluding steroid dienone is 3. The number of methoxy groups -OCH3 is 1. The van der Waals surface area contributed by atoms with Gasteiger partial charge in [0.2, 0.25) is 0 Å². The van der Waals surface area contributed by atoms with Gasteiger partial charge in [0.25, 0.3) is 0 Å². The van der Waals surface area contributed by atoms with E-state index in [0.29, 0.717) is 10.9 Å². The molecule has 4 rings (SSSR count). The number of rotatable bonds is 7. The van der Waals surface area contributed by atoms with Crippen LogP contribution in [0.4, 0.5) is 0 Å². The summed E-state index contributed by atoms with van der Waals surface area (Å²) in [7, 11) is 1.64. The van der Waals surface area contributed by atoms with Crippen molar-refractivity contribution in [2.45, 2.75) is 69.8 Å².